The monoisotopic (exact) mass is 338 g/mol. The van der Waals surface area contributed by atoms with Gasteiger partial charge in [-0.2, -0.15) is 0 Å². The first-order valence-corrected chi connectivity index (χ1v) is 8.66. The quantitative estimate of drug-likeness (QED) is 0.905. The van der Waals surface area contributed by atoms with Gasteiger partial charge in [-0.1, -0.05) is 37.3 Å². The summed E-state index contributed by atoms with van der Waals surface area (Å²) >= 11 is 0. The molecule has 0 atom stereocenters. The topological polar surface area (TPSA) is 75.2 Å². The molecule has 1 N–H and O–H groups in total. The van der Waals surface area contributed by atoms with Crippen LogP contribution in [0.15, 0.2) is 36.5 Å². The second-order valence-corrected chi connectivity index (χ2v) is 6.10. The number of nitrogens with one attached hydrogen (secondary N) is 1. The third-order valence-electron chi connectivity index (χ3n) is 4.17. The minimum absolute atomic E-state index is 0.0821. The van der Waals surface area contributed by atoms with Crippen LogP contribution in [0.4, 0.5) is 0 Å². The molecule has 0 radical (unpaired) electrons. The predicted molar refractivity (Wildman–Crippen MR) is 95.0 cm³/mol. The molecule has 1 aromatic heterocycles. The van der Waals surface area contributed by atoms with Crippen LogP contribution < -0.4 is 5.32 Å². The van der Waals surface area contributed by atoms with Crippen molar-refractivity contribution in [2.24, 2.45) is 0 Å². The van der Waals surface area contributed by atoms with E-state index in [2.05, 4.69) is 15.3 Å². The zero-order chi connectivity index (χ0) is 17.6. The highest BCUT2D eigenvalue weighted by Crippen LogP contribution is 2.20. The maximum atomic E-state index is 12.8. The first kappa shape index (κ1) is 17.1. The van der Waals surface area contributed by atoms with Crippen molar-refractivity contribution in [1.29, 1.82) is 0 Å². The van der Waals surface area contributed by atoms with Crippen molar-refractivity contribution in [2.75, 3.05) is 19.6 Å². The maximum Gasteiger partial charge on any atom is 0.257 e. The van der Waals surface area contributed by atoms with E-state index in [4.69, 9.17) is 0 Å². The molecule has 6 nitrogen and oxygen atoms in total. The van der Waals surface area contributed by atoms with Crippen LogP contribution in [0, 0.1) is 0 Å². The van der Waals surface area contributed by atoms with Crippen LogP contribution in [-0.2, 0) is 11.2 Å². The minimum Gasteiger partial charge on any atom is -0.355 e. The van der Waals surface area contributed by atoms with Gasteiger partial charge in [0.05, 0.1) is 17.8 Å². The highest BCUT2D eigenvalue weighted by Gasteiger charge is 2.25. The fourth-order valence-corrected chi connectivity index (χ4v) is 2.87. The van der Waals surface area contributed by atoms with Gasteiger partial charge >= 0.3 is 0 Å². The van der Waals surface area contributed by atoms with E-state index in [0.29, 0.717) is 30.9 Å². The molecule has 25 heavy (non-hydrogen) atoms. The summed E-state index contributed by atoms with van der Waals surface area (Å²) in [5, 5.41) is 2.81. The zero-order valence-electron chi connectivity index (χ0n) is 14.4. The van der Waals surface area contributed by atoms with E-state index >= 15 is 0 Å². The Balaban J connectivity index is 1.80. The number of amides is 2. The Morgan fingerprint density at radius 1 is 1.28 bits per heavy atom. The Kier molecular flexibility index (Phi) is 5.38. The summed E-state index contributed by atoms with van der Waals surface area (Å²) in [6.45, 7) is 3.25. The summed E-state index contributed by atoms with van der Waals surface area (Å²) in [4.78, 5) is 35.2. The number of fused-ring (bicyclic) bond motifs is 1. The molecular formula is C19H22N4O2. The number of benzene rings is 1. The molecule has 2 aromatic rings. The van der Waals surface area contributed by atoms with E-state index in [1.54, 1.807) is 11.1 Å². The van der Waals surface area contributed by atoms with Crippen LogP contribution in [0.5, 0.6) is 0 Å². The van der Waals surface area contributed by atoms with E-state index in [1.165, 1.54) is 0 Å². The average Bonchev–Trinajstić information content (AvgIpc) is 2.80. The molecule has 0 bridgehead atoms. The number of carbonyl (C=O) groups is 2. The maximum absolute atomic E-state index is 12.8. The highest BCUT2D eigenvalue weighted by atomic mass is 16.2. The number of aromatic nitrogens is 2. The van der Waals surface area contributed by atoms with Gasteiger partial charge in [-0.25, -0.2) is 9.97 Å². The van der Waals surface area contributed by atoms with E-state index in [0.717, 1.165) is 24.1 Å². The van der Waals surface area contributed by atoms with Crippen molar-refractivity contribution in [2.45, 2.75) is 26.2 Å². The van der Waals surface area contributed by atoms with Gasteiger partial charge in [0.2, 0.25) is 5.91 Å². The number of aryl methyl sites for hydroxylation is 1. The Hall–Kier alpha value is -2.76. The van der Waals surface area contributed by atoms with Gasteiger partial charge in [0.1, 0.15) is 0 Å². The van der Waals surface area contributed by atoms with Gasteiger partial charge in [0.25, 0.3) is 5.91 Å². The first-order chi connectivity index (χ1) is 12.2. The van der Waals surface area contributed by atoms with E-state index < -0.39 is 0 Å². The van der Waals surface area contributed by atoms with Gasteiger partial charge in [0.15, 0.2) is 5.82 Å². The molecule has 0 spiro atoms. The number of hydrogen-bond acceptors (Lipinski definition) is 4. The number of carbonyl (C=O) groups excluding carboxylic acids is 2. The summed E-state index contributed by atoms with van der Waals surface area (Å²) in [6.07, 6.45) is 3.95. The van der Waals surface area contributed by atoms with E-state index in [9.17, 15) is 9.59 Å². The third kappa shape index (κ3) is 4.02. The normalized spacial score (nSPS) is 14.0. The molecule has 0 fully saturated rings. The Morgan fingerprint density at radius 3 is 2.84 bits per heavy atom. The van der Waals surface area contributed by atoms with Crippen molar-refractivity contribution >= 4 is 11.8 Å². The molecule has 0 unspecified atom stereocenters. The molecule has 3 rings (SSSR count). The lowest BCUT2D eigenvalue weighted by Crippen LogP contribution is -2.41. The second kappa shape index (κ2) is 7.88. The molecule has 130 valence electrons. The molecule has 1 aliphatic rings. The van der Waals surface area contributed by atoms with Gasteiger partial charge in [0, 0.05) is 24.8 Å². The van der Waals surface area contributed by atoms with E-state index in [1.807, 2.05) is 37.3 Å². The number of hydrogen-bond donors (Lipinski definition) is 1. The smallest absolute Gasteiger partial charge is 0.257 e. The molecule has 2 heterocycles. The van der Waals surface area contributed by atoms with Gasteiger partial charge < -0.3 is 10.2 Å². The minimum atomic E-state index is -0.168. The predicted octanol–water partition coefficient (Wildman–Crippen LogP) is 2.06. The van der Waals surface area contributed by atoms with Crippen molar-refractivity contribution in [1.82, 2.24) is 20.2 Å². The SMILES string of the molecule is CCCNC(=O)CN1CCCc2nc(-c3ccccc3)ncc2C1=O. The zero-order valence-corrected chi connectivity index (χ0v) is 14.4. The standard InChI is InChI=1S/C19H22N4O2/c1-2-10-20-17(24)13-23-11-6-9-16-15(19(23)25)12-21-18(22-16)14-7-4-3-5-8-14/h3-5,7-8,12H,2,6,9-11,13H2,1H3,(H,20,24). The molecular weight excluding hydrogens is 316 g/mol. The van der Waals surface area contributed by atoms with Crippen LogP contribution in [0.25, 0.3) is 11.4 Å². The Labute approximate surface area is 147 Å². The van der Waals surface area contributed by atoms with Crippen molar-refractivity contribution in [3.05, 3.63) is 47.8 Å². The first-order valence-electron chi connectivity index (χ1n) is 8.66. The van der Waals surface area contributed by atoms with Crippen LogP contribution in [0.2, 0.25) is 0 Å². The fraction of sp³-hybridized carbons (Fsp3) is 0.368. The lowest BCUT2D eigenvalue weighted by atomic mass is 10.1. The number of rotatable bonds is 5. The molecule has 1 aliphatic heterocycles. The summed E-state index contributed by atoms with van der Waals surface area (Å²) in [5.74, 6) is 0.334. The summed E-state index contributed by atoms with van der Waals surface area (Å²) in [7, 11) is 0. The molecule has 6 heteroatoms. The number of nitrogens with zero attached hydrogens (tertiary/aromatic N) is 3. The summed E-state index contributed by atoms with van der Waals surface area (Å²) in [5.41, 5.74) is 2.19. The van der Waals surface area contributed by atoms with Crippen LogP contribution >= 0.6 is 0 Å². The Morgan fingerprint density at radius 2 is 2.08 bits per heavy atom. The fourth-order valence-electron chi connectivity index (χ4n) is 2.87. The van der Waals surface area contributed by atoms with Gasteiger partial charge in [-0.3, -0.25) is 9.59 Å². The molecule has 1 aromatic carbocycles. The average molecular weight is 338 g/mol. The van der Waals surface area contributed by atoms with Crippen LogP contribution in [-0.4, -0.2) is 46.3 Å². The van der Waals surface area contributed by atoms with Crippen molar-refractivity contribution in [3.63, 3.8) is 0 Å². The van der Waals surface area contributed by atoms with Crippen LogP contribution in [0.3, 0.4) is 0 Å². The third-order valence-corrected chi connectivity index (χ3v) is 4.17. The highest BCUT2D eigenvalue weighted by molar-refractivity contribution is 5.97. The lowest BCUT2D eigenvalue weighted by molar-refractivity contribution is -0.121. The van der Waals surface area contributed by atoms with Crippen molar-refractivity contribution in [3.8, 4) is 11.4 Å². The molecule has 2 amide bonds. The van der Waals surface area contributed by atoms with Crippen molar-refractivity contribution < 1.29 is 9.59 Å². The van der Waals surface area contributed by atoms with Crippen LogP contribution in [0.1, 0.15) is 35.8 Å². The molecule has 0 saturated heterocycles. The lowest BCUT2D eigenvalue weighted by Gasteiger charge is -2.20. The van der Waals surface area contributed by atoms with Gasteiger partial charge in [-0.05, 0) is 19.3 Å². The van der Waals surface area contributed by atoms with E-state index in [-0.39, 0.29) is 18.4 Å². The summed E-state index contributed by atoms with van der Waals surface area (Å²) in [6, 6.07) is 9.71. The second-order valence-electron chi connectivity index (χ2n) is 6.10. The summed E-state index contributed by atoms with van der Waals surface area (Å²) < 4.78 is 0. The Bertz CT molecular complexity index is 761. The largest absolute Gasteiger partial charge is 0.355 e. The van der Waals surface area contributed by atoms with Gasteiger partial charge in [-0.15, -0.1) is 0 Å². The molecule has 0 saturated carbocycles. The molecule has 0 aliphatic carbocycles.